The van der Waals surface area contributed by atoms with E-state index in [1.165, 1.54) is 17.0 Å². The molecule has 0 fully saturated rings. The van der Waals surface area contributed by atoms with Gasteiger partial charge in [0.05, 0.1) is 35.1 Å². The van der Waals surface area contributed by atoms with Crippen molar-refractivity contribution in [1.82, 2.24) is 24.9 Å². The summed E-state index contributed by atoms with van der Waals surface area (Å²) in [4.78, 5) is 49.3. The van der Waals surface area contributed by atoms with E-state index in [0.717, 1.165) is 17.0 Å². The highest BCUT2D eigenvalue weighted by molar-refractivity contribution is 6.08. The first kappa shape index (κ1) is 31.8. The Morgan fingerprint density at radius 1 is 1.02 bits per heavy atom. The van der Waals surface area contributed by atoms with Crippen LogP contribution >= 0.6 is 0 Å². The summed E-state index contributed by atoms with van der Waals surface area (Å²) < 4.78 is 41.1. The first-order valence-electron chi connectivity index (χ1n) is 14.0. The largest absolute Gasteiger partial charge is 0.416 e. The monoisotopic (exact) mass is 601 g/mol. The van der Waals surface area contributed by atoms with E-state index in [9.17, 15) is 27.6 Å². The standard InChI is InChI=1S/C30H38F3N7O3/c1-36(2)14-6-15-38-18-24-26(28(38)42)27(20-9-11-22(34)12-10-20)39(19-25(41)35-13-16-37(3)4)29(43)40(24)23-8-5-7-21(17-23)30(31,32)33/h5,7-12,17,27H,6,13-16,18-19,34H2,1-4H3,(H,35,41)/t27-/m1/s1. The average molecular weight is 602 g/mol. The summed E-state index contributed by atoms with van der Waals surface area (Å²) in [6.07, 6.45) is -3.99. The molecule has 1 atom stereocenters. The number of benzene rings is 2. The number of hydrogen-bond acceptors (Lipinski definition) is 6. The van der Waals surface area contributed by atoms with Crippen LogP contribution in [0.2, 0.25) is 0 Å². The number of carbonyl (C=O) groups excluding carboxylic acids is 3. The molecule has 4 rings (SSSR count). The maximum Gasteiger partial charge on any atom is 0.416 e. The molecule has 232 valence electrons. The number of rotatable bonds is 11. The van der Waals surface area contributed by atoms with Gasteiger partial charge in [-0.25, -0.2) is 4.79 Å². The van der Waals surface area contributed by atoms with Crippen molar-refractivity contribution in [1.29, 1.82) is 0 Å². The Hall–Kier alpha value is -4.10. The predicted molar refractivity (Wildman–Crippen MR) is 158 cm³/mol. The zero-order chi connectivity index (χ0) is 31.5. The second kappa shape index (κ2) is 13.0. The fraction of sp³-hybridized carbons (Fsp3) is 0.433. The molecule has 2 aliphatic heterocycles. The Kier molecular flexibility index (Phi) is 9.65. The van der Waals surface area contributed by atoms with Gasteiger partial charge in [-0.15, -0.1) is 0 Å². The average Bonchev–Trinajstić information content (AvgIpc) is 3.24. The van der Waals surface area contributed by atoms with Crippen LogP contribution in [0, 0.1) is 0 Å². The topological polar surface area (TPSA) is 105 Å². The number of nitrogens with one attached hydrogen (secondary N) is 1. The molecular weight excluding hydrogens is 563 g/mol. The van der Waals surface area contributed by atoms with Crippen LogP contribution < -0.4 is 16.0 Å². The van der Waals surface area contributed by atoms with Gasteiger partial charge >= 0.3 is 12.2 Å². The number of urea groups is 1. The molecule has 10 nitrogen and oxygen atoms in total. The number of halogens is 3. The molecule has 2 aliphatic rings. The second-order valence-electron chi connectivity index (χ2n) is 11.3. The third-order valence-electron chi connectivity index (χ3n) is 7.37. The van der Waals surface area contributed by atoms with Gasteiger partial charge in [0.2, 0.25) is 5.91 Å². The summed E-state index contributed by atoms with van der Waals surface area (Å²) in [5.41, 5.74) is 6.53. The van der Waals surface area contributed by atoms with Gasteiger partial charge in [0, 0.05) is 25.3 Å². The number of nitrogens with two attached hydrogens (primary N) is 1. The summed E-state index contributed by atoms with van der Waals surface area (Å²) in [5, 5.41) is 2.79. The fourth-order valence-corrected chi connectivity index (χ4v) is 5.27. The molecule has 4 amide bonds. The molecule has 0 spiro atoms. The number of anilines is 2. The number of nitrogen functional groups attached to an aromatic ring is 1. The third-order valence-corrected chi connectivity index (χ3v) is 7.37. The van der Waals surface area contributed by atoms with E-state index in [2.05, 4.69) is 5.32 Å². The molecule has 0 saturated carbocycles. The number of alkyl halides is 3. The molecule has 0 aromatic heterocycles. The van der Waals surface area contributed by atoms with Gasteiger partial charge < -0.3 is 30.7 Å². The molecule has 0 aliphatic carbocycles. The van der Waals surface area contributed by atoms with Gasteiger partial charge in [-0.1, -0.05) is 18.2 Å². The maximum absolute atomic E-state index is 14.3. The summed E-state index contributed by atoms with van der Waals surface area (Å²) in [7, 11) is 7.55. The molecule has 0 unspecified atom stereocenters. The molecule has 43 heavy (non-hydrogen) atoms. The second-order valence-corrected chi connectivity index (χ2v) is 11.3. The molecule has 0 radical (unpaired) electrons. The molecule has 2 aromatic rings. The van der Waals surface area contributed by atoms with Crippen LogP contribution in [0.4, 0.5) is 29.3 Å². The van der Waals surface area contributed by atoms with E-state index in [4.69, 9.17) is 5.73 Å². The van der Waals surface area contributed by atoms with Crippen molar-refractivity contribution in [3.8, 4) is 0 Å². The lowest BCUT2D eigenvalue weighted by molar-refractivity contribution is -0.137. The number of amides is 4. The van der Waals surface area contributed by atoms with Gasteiger partial charge in [-0.3, -0.25) is 14.5 Å². The first-order chi connectivity index (χ1) is 20.3. The molecule has 13 heteroatoms. The van der Waals surface area contributed by atoms with E-state index >= 15 is 0 Å². The lowest BCUT2D eigenvalue weighted by atomic mass is 9.93. The van der Waals surface area contributed by atoms with Crippen molar-refractivity contribution in [3.05, 3.63) is 70.9 Å². The number of nitrogens with zero attached hydrogens (tertiary/aromatic N) is 5. The zero-order valence-electron chi connectivity index (χ0n) is 24.8. The van der Waals surface area contributed by atoms with Gasteiger partial charge in [0.1, 0.15) is 6.54 Å². The van der Waals surface area contributed by atoms with Crippen LogP contribution in [-0.4, -0.2) is 105 Å². The third kappa shape index (κ3) is 7.28. The summed E-state index contributed by atoms with van der Waals surface area (Å²) in [5.74, 6) is -0.796. The minimum atomic E-state index is -4.64. The maximum atomic E-state index is 14.3. The van der Waals surface area contributed by atoms with Crippen LogP contribution in [0.5, 0.6) is 0 Å². The van der Waals surface area contributed by atoms with E-state index in [-0.39, 0.29) is 23.7 Å². The molecule has 3 N–H and O–H groups in total. The van der Waals surface area contributed by atoms with Crippen molar-refractivity contribution in [2.45, 2.75) is 18.6 Å². The highest BCUT2D eigenvalue weighted by atomic mass is 19.4. The molecule has 0 bridgehead atoms. The van der Waals surface area contributed by atoms with Crippen molar-refractivity contribution in [2.75, 3.05) is 78.1 Å². The quantitative estimate of drug-likeness (QED) is 0.384. The zero-order valence-corrected chi connectivity index (χ0v) is 24.8. The Balaban J connectivity index is 1.82. The Labute approximate surface area is 249 Å². The van der Waals surface area contributed by atoms with Crippen molar-refractivity contribution < 1.29 is 27.6 Å². The first-order valence-corrected chi connectivity index (χ1v) is 14.0. The lowest BCUT2D eigenvalue weighted by Gasteiger charge is -2.41. The number of likely N-dealkylation sites (N-methyl/N-ethyl adjacent to an activating group) is 1. The number of hydrogen-bond donors (Lipinski definition) is 2. The van der Waals surface area contributed by atoms with E-state index in [1.807, 2.05) is 38.0 Å². The Morgan fingerprint density at radius 3 is 2.33 bits per heavy atom. The normalized spacial score (nSPS) is 17.4. The van der Waals surface area contributed by atoms with Crippen LogP contribution in [0.3, 0.4) is 0 Å². The van der Waals surface area contributed by atoms with Crippen molar-refractivity contribution in [3.63, 3.8) is 0 Å². The van der Waals surface area contributed by atoms with E-state index in [0.29, 0.717) is 49.5 Å². The number of carbonyl (C=O) groups is 3. The summed E-state index contributed by atoms with van der Waals surface area (Å²) in [6, 6.07) is 9.45. The van der Waals surface area contributed by atoms with Crippen LogP contribution in [0.25, 0.3) is 0 Å². The van der Waals surface area contributed by atoms with Crippen molar-refractivity contribution >= 4 is 29.2 Å². The SMILES string of the molecule is CN(C)CCCN1CC2=C(C1=O)[C@@H](c1ccc(N)cc1)N(CC(=O)NCCN(C)C)C(=O)N2c1cccc(C(F)(F)F)c1. The van der Waals surface area contributed by atoms with E-state index in [1.54, 1.807) is 29.2 Å². The van der Waals surface area contributed by atoms with Gasteiger partial charge in [0.15, 0.2) is 0 Å². The van der Waals surface area contributed by atoms with Gasteiger partial charge in [-0.2, -0.15) is 13.2 Å². The highest BCUT2D eigenvalue weighted by Crippen LogP contribution is 2.44. The van der Waals surface area contributed by atoms with Gasteiger partial charge in [0.25, 0.3) is 5.91 Å². The lowest BCUT2D eigenvalue weighted by Crippen LogP contribution is -2.53. The predicted octanol–water partition coefficient (Wildman–Crippen LogP) is 3.00. The highest BCUT2D eigenvalue weighted by Gasteiger charge is 2.49. The summed E-state index contributed by atoms with van der Waals surface area (Å²) in [6.45, 7) is 1.61. The Bertz CT molecular complexity index is 1380. The Morgan fingerprint density at radius 2 is 1.70 bits per heavy atom. The van der Waals surface area contributed by atoms with Crippen LogP contribution in [-0.2, 0) is 15.8 Å². The molecular formula is C30H38F3N7O3. The van der Waals surface area contributed by atoms with E-state index < -0.39 is 36.3 Å². The smallest absolute Gasteiger partial charge is 0.399 e. The molecule has 2 aromatic carbocycles. The fourth-order valence-electron chi connectivity index (χ4n) is 5.27. The molecule has 0 saturated heterocycles. The van der Waals surface area contributed by atoms with Crippen LogP contribution in [0.1, 0.15) is 23.6 Å². The minimum Gasteiger partial charge on any atom is -0.399 e. The van der Waals surface area contributed by atoms with Crippen molar-refractivity contribution in [2.24, 2.45) is 0 Å². The molecule has 2 heterocycles. The summed E-state index contributed by atoms with van der Waals surface area (Å²) >= 11 is 0. The minimum absolute atomic E-state index is 0.0379. The van der Waals surface area contributed by atoms with Gasteiger partial charge in [-0.05, 0) is 77.1 Å². The van der Waals surface area contributed by atoms with Crippen LogP contribution in [0.15, 0.2) is 59.8 Å².